The van der Waals surface area contributed by atoms with Gasteiger partial charge in [-0.25, -0.2) is 18.3 Å². The molecule has 0 saturated carbocycles. The maximum Gasteiger partial charge on any atom is 0.416 e. The Morgan fingerprint density at radius 2 is 1.83 bits per heavy atom. The molecular formula is C27H14ClF5N6O2. The molecule has 1 aliphatic rings. The standard InChI is InChI=1S/C27H14ClF5N6O2/c28-19-2-1-15(29)8-17(19)24-23-18(26(41)38-24)5-12(21-10-39-22(9-34-21)35-11-36-39)6-20(23)37-25(40)13-3-14(27(31,32)33)7-16(30)4-13/h1-11,24H,(H,37,40)(H,38,41)/t24-/m1/s1. The topological polar surface area (TPSA) is 101 Å². The Bertz CT molecular complexity index is 1890. The molecule has 1 aliphatic heterocycles. The number of carbonyl (C=O) groups is 2. The zero-order valence-electron chi connectivity index (χ0n) is 20.3. The Labute approximate surface area is 231 Å². The zero-order chi connectivity index (χ0) is 29.1. The van der Waals surface area contributed by atoms with Crippen LogP contribution in [-0.2, 0) is 6.18 Å². The summed E-state index contributed by atoms with van der Waals surface area (Å²) in [4.78, 5) is 34.7. The molecule has 1 atom stereocenters. The van der Waals surface area contributed by atoms with Gasteiger partial charge in [-0.1, -0.05) is 11.6 Å². The molecule has 0 bridgehead atoms. The van der Waals surface area contributed by atoms with Crippen molar-refractivity contribution in [3.63, 3.8) is 0 Å². The summed E-state index contributed by atoms with van der Waals surface area (Å²) in [7, 11) is 0. The smallest absolute Gasteiger partial charge is 0.341 e. The predicted molar refractivity (Wildman–Crippen MR) is 136 cm³/mol. The van der Waals surface area contributed by atoms with Crippen LogP contribution in [0.25, 0.3) is 16.9 Å². The number of fused-ring (bicyclic) bond motifs is 2. The van der Waals surface area contributed by atoms with E-state index in [4.69, 9.17) is 11.6 Å². The van der Waals surface area contributed by atoms with E-state index in [1.807, 2.05) is 0 Å². The van der Waals surface area contributed by atoms with Gasteiger partial charge in [0, 0.05) is 38.5 Å². The van der Waals surface area contributed by atoms with Crippen LogP contribution in [0.2, 0.25) is 5.02 Å². The Hall–Kier alpha value is -4.91. The fourth-order valence-corrected chi connectivity index (χ4v) is 4.84. The molecule has 0 radical (unpaired) electrons. The number of alkyl halides is 3. The van der Waals surface area contributed by atoms with E-state index >= 15 is 0 Å². The van der Waals surface area contributed by atoms with Crippen molar-refractivity contribution in [2.45, 2.75) is 12.2 Å². The first kappa shape index (κ1) is 26.3. The maximum absolute atomic E-state index is 14.2. The molecule has 0 spiro atoms. The Kier molecular flexibility index (Phi) is 6.18. The first-order valence-electron chi connectivity index (χ1n) is 11.8. The van der Waals surface area contributed by atoms with Crippen molar-refractivity contribution in [2.24, 2.45) is 0 Å². The summed E-state index contributed by atoms with van der Waals surface area (Å²) >= 11 is 6.31. The number of aromatic nitrogens is 4. The van der Waals surface area contributed by atoms with E-state index in [-0.39, 0.29) is 33.5 Å². The highest BCUT2D eigenvalue weighted by Crippen LogP contribution is 2.42. The summed E-state index contributed by atoms with van der Waals surface area (Å²) in [6.07, 6.45) is -0.649. The lowest BCUT2D eigenvalue weighted by molar-refractivity contribution is -0.137. The maximum atomic E-state index is 14.2. The molecule has 0 unspecified atom stereocenters. The van der Waals surface area contributed by atoms with Gasteiger partial charge >= 0.3 is 6.18 Å². The first-order chi connectivity index (χ1) is 19.5. The molecule has 5 aromatic rings. The number of hydrogen-bond acceptors (Lipinski definition) is 5. The van der Waals surface area contributed by atoms with Crippen molar-refractivity contribution in [3.05, 3.63) is 112 Å². The van der Waals surface area contributed by atoms with Crippen LogP contribution in [0.4, 0.5) is 27.6 Å². The molecule has 206 valence electrons. The summed E-state index contributed by atoms with van der Waals surface area (Å²) in [5.41, 5.74) is -0.496. The lowest BCUT2D eigenvalue weighted by atomic mass is 9.93. The number of halogens is 6. The third kappa shape index (κ3) is 4.84. The van der Waals surface area contributed by atoms with Gasteiger partial charge in [0.15, 0.2) is 5.65 Å². The van der Waals surface area contributed by atoms with E-state index < -0.39 is 46.8 Å². The molecule has 41 heavy (non-hydrogen) atoms. The Morgan fingerprint density at radius 1 is 1.02 bits per heavy atom. The fourth-order valence-electron chi connectivity index (χ4n) is 4.61. The SMILES string of the molecule is O=C(Nc1cc(-c2cn3ncnc3cn2)cc2c1[C@@H](c1cc(F)ccc1Cl)NC2=O)c1cc(F)cc(C(F)(F)F)c1. The number of carbonyl (C=O) groups excluding carboxylic acids is 2. The van der Waals surface area contributed by atoms with E-state index in [9.17, 15) is 31.5 Å². The molecule has 2 amide bonds. The van der Waals surface area contributed by atoms with Crippen LogP contribution in [0.1, 0.15) is 43.4 Å². The van der Waals surface area contributed by atoms with E-state index in [0.717, 1.165) is 12.1 Å². The van der Waals surface area contributed by atoms with Crippen LogP contribution >= 0.6 is 11.6 Å². The molecular weight excluding hydrogens is 571 g/mol. The normalized spacial score (nSPS) is 14.7. The second-order valence-corrected chi connectivity index (χ2v) is 9.48. The van der Waals surface area contributed by atoms with Crippen molar-refractivity contribution in [2.75, 3.05) is 5.32 Å². The minimum atomic E-state index is -4.90. The van der Waals surface area contributed by atoms with Crippen LogP contribution < -0.4 is 10.6 Å². The number of rotatable bonds is 4. The third-order valence-corrected chi connectivity index (χ3v) is 6.80. The molecule has 14 heteroatoms. The zero-order valence-corrected chi connectivity index (χ0v) is 21.1. The number of nitrogens with one attached hydrogen (secondary N) is 2. The summed E-state index contributed by atoms with van der Waals surface area (Å²) < 4.78 is 69.6. The van der Waals surface area contributed by atoms with Crippen molar-refractivity contribution in [3.8, 4) is 11.3 Å². The average Bonchev–Trinajstić information content (AvgIpc) is 3.53. The van der Waals surface area contributed by atoms with E-state index in [0.29, 0.717) is 29.0 Å². The van der Waals surface area contributed by atoms with Crippen molar-refractivity contribution >= 4 is 34.7 Å². The van der Waals surface area contributed by atoms with Gasteiger partial charge in [0.25, 0.3) is 11.8 Å². The van der Waals surface area contributed by atoms with Crippen molar-refractivity contribution in [1.29, 1.82) is 0 Å². The predicted octanol–water partition coefficient (Wildman–Crippen LogP) is 5.83. The average molecular weight is 585 g/mol. The highest BCUT2D eigenvalue weighted by molar-refractivity contribution is 6.31. The van der Waals surface area contributed by atoms with E-state index in [1.54, 1.807) is 0 Å². The van der Waals surface area contributed by atoms with E-state index in [2.05, 4.69) is 25.7 Å². The molecule has 3 aromatic carbocycles. The van der Waals surface area contributed by atoms with Gasteiger partial charge in [-0.2, -0.15) is 18.3 Å². The van der Waals surface area contributed by atoms with Gasteiger partial charge in [-0.05, 0) is 48.5 Å². The second kappa shape index (κ2) is 9.63. The molecule has 0 aliphatic carbocycles. The van der Waals surface area contributed by atoms with Crippen LogP contribution in [0.5, 0.6) is 0 Å². The molecule has 3 heterocycles. The highest BCUT2D eigenvalue weighted by Gasteiger charge is 2.36. The van der Waals surface area contributed by atoms with Gasteiger partial charge in [0.05, 0.1) is 29.7 Å². The summed E-state index contributed by atoms with van der Waals surface area (Å²) in [6, 6.07) is 6.86. The number of hydrogen-bond donors (Lipinski definition) is 2. The van der Waals surface area contributed by atoms with Gasteiger partial charge in [-0.3, -0.25) is 14.6 Å². The molecule has 6 rings (SSSR count). The Balaban J connectivity index is 1.51. The number of amides is 2. The monoisotopic (exact) mass is 584 g/mol. The van der Waals surface area contributed by atoms with Crippen LogP contribution in [0.3, 0.4) is 0 Å². The minimum absolute atomic E-state index is 0.0236. The molecule has 2 aromatic heterocycles. The molecule has 2 N–H and O–H groups in total. The van der Waals surface area contributed by atoms with E-state index in [1.165, 1.54) is 41.4 Å². The van der Waals surface area contributed by atoms with Gasteiger partial charge in [0.1, 0.15) is 18.0 Å². The second-order valence-electron chi connectivity index (χ2n) is 9.07. The van der Waals surface area contributed by atoms with Gasteiger partial charge in [-0.15, -0.1) is 0 Å². The van der Waals surface area contributed by atoms with Crippen LogP contribution in [0, 0.1) is 11.6 Å². The molecule has 0 fully saturated rings. The first-order valence-corrected chi connectivity index (χ1v) is 12.1. The number of benzene rings is 3. The molecule has 0 saturated heterocycles. The van der Waals surface area contributed by atoms with Crippen molar-refractivity contribution < 1.29 is 31.5 Å². The van der Waals surface area contributed by atoms with Crippen molar-refractivity contribution in [1.82, 2.24) is 24.9 Å². The highest BCUT2D eigenvalue weighted by atomic mass is 35.5. The number of anilines is 1. The lowest BCUT2D eigenvalue weighted by Crippen LogP contribution is -2.21. The Morgan fingerprint density at radius 3 is 2.61 bits per heavy atom. The van der Waals surface area contributed by atoms with Crippen LogP contribution in [-0.4, -0.2) is 31.4 Å². The third-order valence-electron chi connectivity index (χ3n) is 6.45. The largest absolute Gasteiger partial charge is 0.416 e. The lowest BCUT2D eigenvalue weighted by Gasteiger charge is -2.19. The van der Waals surface area contributed by atoms with Gasteiger partial charge < -0.3 is 10.6 Å². The molecule has 8 nitrogen and oxygen atoms in total. The summed E-state index contributed by atoms with van der Waals surface area (Å²) in [5.74, 6) is -3.58. The van der Waals surface area contributed by atoms with Crippen LogP contribution in [0.15, 0.2) is 67.3 Å². The summed E-state index contributed by atoms with van der Waals surface area (Å²) in [6.45, 7) is 0. The minimum Gasteiger partial charge on any atom is -0.341 e. The number of nitrogens with zero attached hydrogens (tertiary/aromatic N) is 4. The quantitative estimate of drug-likeness (QED) is 0.259. The summed E-state index contributed by atoms with van der Waals surface area (Å²) in [5, 5.41) is 9.36. The fraction of sp³-hybridized carbons (Fsp3) is 0.0741. The van der Waals surface area contributed by atoms with Gasteiger partial charge in [0.2, 0.25) is 0 Å².